The van der Waals surface area contributed by atoms with Crippen LogP contribution >= 0.6 is 0 Å². The largest absolute Gasteiger partial charge is 0.369 e. The van der Waals surface area contributed by atoms with Gasteiger partial charge in [-0.3, -0.25) is 9.59 Å². The summed E-state index contributed by atoms with van der Waals surface area (Å²) in [5, 5.41) is 5.92. The zero-order chi connectivity index (χ0) is 13.0. The monoisotopic (exact) mass is 247 g/mol. The highest BCUT2D eigenvalue weighted by Crippen LogP contribution is 2.18. The van der Waals surface area contributed by atoms with E-state index in [0.29, 0.717) is 18.3 Å². The van der Waals surface area contributed by atoms with Crippen LogP contribution in [-0.2, 0) is 16.0 Å². The predicted molar refractivity (Wildman–Crippen MR) is 69.0 cm³/mol. The third-order valence-corrected chi connectivity index (χ3v) is 2.78. The Morgan fingerprint density at radius 1 is 1.28 bits per heavy atom. The van der Waals surface area contributed by atoms with E-state index in [1.54, 1.807) is 12.1 Å². The van der Waals surface area contributed by atoms with Crippen molar-refractivity contribution in [2.45, 2.75) is 25.3 Å². The second-order valence-electron chi connectivity index (χ2n) is 4.50. The molecule has 0 radical (unpaired) electrons. The van der Waals surface area contributed by atoms with Gasteiger partial charge in [-0.2, -0.15) is 0 Å². The number of hydrogen-bond acceptors (Lipinski definition) is 3. The number of carbonyl (C=O) groups is 2. The second kappa shape index (κ2) is 5.64. The Balaban J connectivity index is 1.93. The second-order valence-corrected chi connectivity index (χ2v) is 4.50. The third-order valence-electron chi connectivity index (χ3n) is 2.78. The van der Waals surface area contributed by atoms with Crippen LogP contribution in [0.1, 0.15) is 18.4 Å². The van der Waals surface area contributed by atoms with Crippen molar-refractivity contribution in [3.05, 3.63) is 29.8 Å². The summed E-state index contributed by atoms with van der Waals surface area (Å²) >= 11 is 0. The van der Waals surface area contributed by atoms with Crippen molar-refractivity contribution in [1.82, 2.24) is 5.32 Å². The summed E-state index contributed by atoms with van der Waals surface area (Å²) in [5.41, 5.74) is 6.56. The first-order valence-electron chi connectivity index (χ1n) is 6.04. The number of rotatable bonds is 6. The third kappa shape index (κ3) is 3.85. The van der Waals surface area contributed by atoms with Gasteiger partial charge in [0.25, 0.3) is 0 Å². The Bertz CT molecular complexity index is 455. The van der Waals surface area contributed by atoms with Gasteiger partial charge < -0.3 is 16.4 Å². The van der Waals surface area contributed by atoms with Gasteiger partial charge in [0.1, 0.15) is 0 Å². The number of benzene rings is 1. The molecule has 0 aliphatic heterocycles. The van der Waals surface area contributed by atoms with E-state index in [-0.39, 0.29) is 12.3 Å². The molecule has 0 heterocycles. The Morgan fingerprint density at radius 2 is 2.00 bits per heavy atom. The van der Waals surface area contributed by atoms with Crippen LogP contribution in [-0.4, -0.2) is 24.4 Å². The summed E-state index contributed by atoms with van der Waals surface area (Å²) in [5.74, 6) is -0.508. The quantitative estimate of drug-likeness (QED) is 0.680. The molecule has 1 aliphatic carbocycles. The summed E-state index contributed by atoms with van der Waals surface area (Å²) in [6, 6.07) is 7.68. The maximum absolute atomic E-state index is 11.7. The number of primary amides is 1. The van der Waals surface area contributed by atoms with E-state index in [9.17, 15) is 9.59 Å². The standard InChI is InChI=1S/C13H17N3O2/c14-12(17)7-9-3-1-2-4-11(9)16-13(18)8-15-10-5-6-10/h1-4,10,15H,5-8H2,(H2,14,17)(H,16,18). The number of para-hydroxylation sites is 1. The van der Waals surface area contributed by atoms with E-state index in [1.807, 2.05) is 12.1 Å². The minimum atomic E-state index is -0.409. The maximum atomic E-state index is 11.7. The number of nitrogens with two attached hydrogens (primary N) is 1. The fourth-order valence-corrected chi connectivity index (χ4v) is 1.70. The lowest BCUT2D eigenvalue weighted by Gasteiger charge is -2.10. The Kier molecular flexibility index (Phi) is 3.94. The fraction of sp³-hybridized carbons (Fsp3) is 0.385. The van der Waals surface area contributed by atoms with Crippen molar-refractivity contribution in [2.24, 2.45) is 5.73 Å². The first-order chi connectivity index (χ1) is 8.65. The number of hydrogen-bond donors (Lipinski definition) is 3. The van der Waals surface area contributed by atoms with Crippen molar-refractivity contribution in [3.63, 3.8) is 0 Å². The Morgan fingerprint density at radius 3 is 2.67 bits per heavy atom. The number of nitrogens with one attached hydrogen (secondary N) is 2. The summed E-state index contributed by atoms with van der Waals surface area (Å²) in [6.07, 6.45) is 2.42. The van der Waals surface area contributed by atoms with Crippen LogP contribution in [0, 0.1) is 0 Å². The SMILES string of the molecule is NC(=O)Cc1ccccc1NC(=O)CNC1CC1. The van der Waals surface area contributed by atoms with Crippen LogP contribution in [0.15, 0.2) is 24.3 Å². The van der Waals surface area contributed by atoms with Gasteiger partial charge in [0.2, 0.25) is 11.8 Å². The van der Waals surface area contributed by atoms with Crippen LogP contribution in [0.2, 0.25) is 0 Å². The van der Waals surface area contributed by atoms with E-state index in [4.69, 9.17) is 5.73 Å². The van der Waals surface area contributed by atoms with E-state index in [2.05, 4.69) is 10.6 Å². The smallest absolute Gasteiger partial charge is 0.238 e. The molecular formula is C13H17N3O2. The molecule has 1 fully saturated rings. The molecule has 18 heavy (non-hydrogen) atoms. The lowest BCUT2D eigenvalue weighted by Crippen LogP contribution is -2.30. The molecule has 0 saturated heterocycles. The molecule has 4 N–H and O–H groups in total. The van der Waals surface area contributed by atoms with Crippen molar-refractivity contribution >= 4 is 17.5 Å². The zero-order valence-corrected chi connectivity index (χ0v) is 10.1. The van der Waals surface area contributed by atoms with Crippen LogP contribution in [0.3, 0.4) is 0 Å². The lowest BCUT2D eigenvalue weighted by molar-refractivity contribution is -0.117. The lowest BCUT2D eigenvalue weighted by atomic mass is 10.1. The number of amides is 2. The maximum Gasteiger partial charge on any atom is 0.238 e. The molecule has 5 heteroatoms. The highest BCUT2D eigenvalue weighted by atomic mass is 16.2. The highest BCUT2D eigenvalue weighted by Gasteiger charge is 2.21. The van der Waals surface area contributed by atoms with Crippen LogP contribution < -0.4 is 16.4 Å². The van der Waals surface area contributed by atoms with Gasteiger partial charge in [0.05, 0.1) is 13.0 Å². The van der Waals surface area contributed by atoms with Crippen molar-refractivity contribution in [2.75, 3.05) is 11.9 Å². The molecule has 0 unspecified atom stereocenters. The first kappa shape index (κ1) is 12.6. The van der Waals surface area contributed by atoms with E-state index in [0.717, 1.165) is 18.4 Å². The fourth-order valence-electron chi connectivity index (χ4n) is 1.70. The molecule has 2 amide bonds. The van der Waals surface area contributed by atoms with Gasteiger partial charge >= 0.3 is 0 Å². The molecule has 1 aromatic rings. The minimum absolute atomic E-state index is 0.0983. The van der Waals surface area contributed by atoms with Gasteiger partial charge in [0.15, 0.2) is 0 Å². The van der Waals surface area contributed by atoms with Gasteiger partial charge in [-0.25, -0.2) is 0 Å². The average molecular weight is 247 g/mol. The van der Waals surface area contributed by atoms with E-state index >= 15 is 0 Å². The normalized spacial score (nSPS) is 14.2. The molecule has 0 atom stereocenters. The molecule has 0 aromatic heterocycles. The van der Waals surface area contributed by atoms with Gasteiger partial charge in [-0.1, -0.05) is 18.2 Å². The average Bonchev–Trinajstić information content (AvgIpc) is 3.12. The molecular weight excluding hydrogens is 230 g/mol. The summed E-state index contributed by atoms with van der Waals surface area (Å²) in [7, 11) is 0. The van der Waals surface area contributed by atoms with E-state index in [1.165, 1.54) is 0 Å². The molecule has 5 nitrogen and oxygen atoms in total. The van der Waals surface area contributed by atoms with Crippen molar-refractivity contribution < 1.29 is 9.59 Å². The molecule has 1 aliphatic rings. The minimum Gasteiger partial charge on any atom is -0.369 e. The first-order valence-corrected chi connectivity index (χ1v) is 6.04. The van der Waals surface area contributed by atoms with Crippen LogP contribution in [0.5, 0.6) is 0 Å². The van der Waals surface area contributed by atoms with Crippen LogP contribution in [0.25, 0.3) is 0 Å². The molecule has 1 aromatic carbocycles. The molecule has 0 spiro atoms. The highest BCUT2D eigenvalue weighted by molar-refractivity contribution is 5.93. The Hall–Kier alpha value is -1.88. The summed E-state index contributed by atoms with van der Waals surface area (Å²) in [4.78, 5) is 22.6. The zero-order valence-electron chi connectivity index (χ0n) is 10.1. The summed E-state index contributed by atoms with van der Waals surface area (Å²) in [6.45, 7) is 0.301. The number of anilines is 1. The topological polar surface area (TPSA) is 84.2 Å². The predicted octanol–water partition coefficient (Wildman–Crippen LogP) is 0.405. The molecule has 96 valence electrons. The number of carbonyl (C=O) groups excluding carboxylic acids is 2. The Labute approximate surface area is 106 Å². The van der Waals surface area contributed by atoms with Gasteiger partial charge in [-0.05, 0) is 24.5 Å². The molecule has 0 bridgehead atoms. The molecule has 1 saturated carbocycles. The summed E-state index contributed by atoms with van der Waals surface area (Å²) < 4.78 is 0. The van der Waals surface area contributed by atoms with Crippen molar-refractivity contribution in [1.29, 1.82) is 0 Å². The molecule has 2 rings (SSSR count). The van der Waals surface area contributed by atoms with E-state index < -0.39 is 5.91 Å². The van der Waals surface area contributed by atoms with Crippen LogP contribution in [0.4, 0.5) is 5.69 Å². The van der Waals surface area contributed by atoms with Gasteiger partial charge in [0, 0.05) is 11.7 Å². The van der Waals surface area contributed by atoms with Gasteiger partial charge in [-0.15, -0.1) is 0 Å². The van der Waals surface area contributed by atoms with Crippen molar-refractivity contribution in [3.8, 4) is 0 Å².